The molecule has 0 radical (unpaired) electrons. The Hall–Kier alpha value is -2.95. The second-order valence-electron chi connectivity index (χ2n) is 6.97. The zero-order chi connectivity index (χ0) is 19.3. The zero-order valence-electron chi connectivity index (χ0n) is 15.5. The van der Waals surface area contributed by atoms with Crippen LogP contribution in [0.2, 0.25) is 0 Å². The lowest BCUT2D eigenvalue weighted by Gasteiger charge is -2.20. The summed E-state index contributed by atoms with van der Waals surface area (Å²) in [6.07, 6.45) is 0.425. The summed E-state index contributed by atoms with van der Waals surface area (Å²) in [7, 11) is 0. The molecule has 0 aromatic heterocycles. The predicted molar refractivity (Wildman–Crippen MR) is 99.7 cm³/mol. The van der Waals surface area contributed by atoms with Crippen molar-refractivity contribution in [2.75, 3.05) is 0 Å². The summed E-state index contributed by atoms with van der Waals surface area (Å²) in [5.74, 6) is -0.333. The van der Waals surface area contributed by atoms with E-state index in [2.05, 4.69) is 5.32 Å². The van der Waals surface area contributed by atoms with Gasteiger partial charge in [-0.1, -0.05) is 6.92 Å². The van der Waals surface area contributed by atoms with Crippen molar-refractivity contribution < 1.29 is 19.1 Å². The summed E-state index contributed by atoms with van der Waals surface area (Å²) in [5, 5.41) is 2.86. The highest BCUT2D eigenvalue weighted by atomic mass is 16.5. The molecule has 5 nitrogen and oxygen atoms in total. The number of rotatable bonds is 5. The maximum atomic E-state index is 12.2. The molecule has 136 valence electrons. The van der Waals surface area contributed by atoms with Crippen LogP contribution < -0.4 is 10.1 Å². The third-order valence-corrected chi connectivity index (χ3v) is 3.58. The van der Waals surface area contributed by atoms with Crippen LogP contribution in [0.4, 0.5) is 0 Å². The minimum Gasteiger partial charge on any atom is -0.423 e. The highest BCUT2D eigenvalue weighted by Gasteiger charge is 2.16. The number of hydrogen-bond acceptors (Lipinski definition) is 4. The Morgan fingerprint density at radius 3 is 1.85 bits per heavy atom. The lowest BCUT2D eigenvalue weighted by Crippen LogP contribution is -2.40. The molecule has 1 N–H and O–H groups in total. The number of carbonyl (C=O) groups is 3. The first-order valence-electron chi connectivity index (χ1n) is 8.47. The van der Waals surface area contributed by atoms with Gasteiger partial charge in [0.15, 0.2) is 5.78 Å². The number of carbonyl (C=O) groups excluding carboxylic acids is 3. The molecule has 2 rings (SSSR count). The van der Waals surface area contributed by atoms with Crippen molar-refractivity contribution >= 4 is 17.7 Å². The summed E-state index contributed by atoms with van der Waals surface area (Å²) in [6, 6.07) is 12.7. The third-order valence-electron chi connectivity index (χ3n) is 3.58. The van der Waals surface area contributed by atoms with Gasteiger partial charge in [0.25, 0.3) is 5.91 Å². The van der Waals surface area contributed by atoms with Gasteiger partial charge < -0.3 is 10.1 Å². The molecule has 0 heterocycles. The van der Waals surface area contributed by atoms with E-state index < -0.39 is 5.97 Å². The Labute approximate surface area is 153 Å². The molecule has 0 aliphatic carbocycles. The van der Waals surface area contributed by atoms with E-state index in [-0.39, 0.29) is 17.2 Å². The highest BCUT2D eigenvalue weighted by Crippen LogP contribution is 2.16. The lowest BCUT2D eigenvalue weighted by molar-refractivity contribution is 0.0733. The first-order chi connectivity index (χ1) is 12.2. The Balaban J connectivity index is 2.04. The molecule has 0 saturated heterocycles. The van der Waals surface area contributed by atoms with Gasteiger partial charge in [-0.3, -0.25) is 9.59 Å². The number of nitrogens with one attached hydrogen (secondary N) is 1. The van der Waals surface area contributed by atoms with Gasteiger partial charge in [0.1, 0.15) is 5.75 Å². The van der Waals surface area contributed by atoms with E-state index in [1.807, 2.05) is 20.8 Å². The molecule has 0 aliphatic heterocycles. The number of esters is 1. The molecule has 26 heavy (non-hydrogen) atoms. The summed E-state index contributed by atoms with van der Waals surface area (Å²) in [4.78, 5) is 35.9. The number of ketones is 1. The van der Waals surface area contributed by atoms with Crippen molar-refractivity contribution in [3.63, 3.8) is 0 Å². The van der Waals surface area contributed by atoms with Crippen LogP contribution in [-0.4, -0.2) is 23.2 Å². The van der Waals surface area contributed by atoms with Gasteiger partial charge in [-0.05, 0) is 69.3 Å². The summed E-state index contributed by atoms with van der Waals surface area (Å²) < 4.78 is 5.30. The molecular weight excluding hydrogens is 330 g/mol. The quantitative estimate of drug-likeness (QED) is 0.500. The van der Waals surface area contributed by atoms with E-state index >= 15 is 0 Å². The Morgan fingerprint density at radius 1 is 0.846 bits per heavy atom. The smallest absolute Gasteiger partial charge is 0.343 e. The second-order valence-corrected chi connectivity index (χ2v) is 6.97. The van der Waals surface area contributed by atoms with Crippen molar-refractivity contribution in [2.45, 2.75) is 39.7 Å². The second kappa shape index (κ2) is 7.95. The van der Waals surface area contributed by atoms with Gasteiger partial charge in [0, 0.05) is 23.1 Å². The summed E-state index contributed by atoms with van der Waals surface area (Å²) >= 11 is 0. The van der Waals surface area contributed by atoms with E-state index in [1.54, 1.807) is 55.5 Å². The maximum Gasteiger partial charge on any atom is 0.343 e. The molecule has 0 unspecified atom stereocenters. The first-order valence-corrected chi connectivity index (χ1v) is 8.47. The standard InChI is InChI=1S/C21H23NO4/c1-5-18(23)14-10-12-17(13-11-14)26-20(25)16-8-6-15(7-9-16)19(24)22-21(2,3)4/h6-13H,5H2,1-4H3,(H,22,24). The van der Waals surface area contributed by atoms with Gasteiger partial charge in [-0.2, -0.15) is 0 Å². The summed E-state index contributed by atoms with van der Waals surface area (Å²) in [6.45, 7) is 7.49. The van der Waals surface area contributed by atoms with Crippen LogP contribution in [-0.2, 0) is 0 Å². The van der Waals surface area contributed by atoms with Crippen LogP contribution in [0.15, 0.2) is 48.5 Å². The van der Waals surface area contributed by atoms with Crippen molar-refractivity contribution in [1.82, 2.24) is 5.32 Å². The molecule has 1 amide bonds. The monoisotopic (exact) mass is 353 g/mol. The summed E-state index contributed by atoms with van der Waals surface area (Å²) in [5.41, 5.74) is 1.06. The first kappa shape index (κ1) is 19.4. The molecule has 0 fully saturated rings. The SMILES string of the molecule is CCC(=O)c1ccc(OC(=O)c2ccc(C(=O)NC(C)(C)C)cc2)cc1. The maximum absolute atomic E-state index is 12.2. The van der Waals surface area contributed by atoms with Crippen molar-refractivity contribution in [2.24, 2.45) is 0 Å². The lowest BCUT2D eigenvalue weighted by atomic mass is 10.1. The van der Waals surface area contributed by atoms with Crippen LogP contribution in [0.5, 0.6) is 5.75 Å². The van der Waals surface area contributed by atoms with Gasteiger partial charge >= 0.3 is 5.97 Å². The van der Waals surface area contributed by atoms with Crippen molar-refractivity contribution in [3.8, 4) is 5.75 Å². The molecule has 2 aromatic carbocycles. The van der Waals surface area contributed by atoms with Crippen molar-refractivity contribution in [1.29, 1.82) is 0 Å². The normalized spacial score (nSPS) is 10.9. The Bertz CT molecular complexity index is 799. The molecule has 0 saturated carbocycles. The molecule has 0 bridgehead atoms. The molecule has 2 aromatic rings. The number of Topliss-reactive ketones (excluding diaryl/α,β-unsaturated/α-hetero) is 1. The predicted octanol–water partition coefficient (Wildman–Crippen LogP) is 4.03. The van der Waals surface area contributed by atoms with E-state index in [4.69, 9.17) is 4.74 Å². The van der Waals surface area contributed by atoms with Crippen LogP contribution in [0.25, 0.3) is 0 Å². The molecule has 0 spiro atoms. The molecule has 5 heteroatoms. The van der Waals surface area contributed by atoms with E-state index in [0.29, 0.717) is 28.9 Å². The fraction of sp³-hybridized carbons (Fsp3) is 0.286. The zero-order valence-corrected chi connectivity index (χ0v) is 15.5. The fourth-order valence-corrected chi connectivity index (χ4v) is 2.25. The average Bonchev–Trinajstić information content (AvgIpc) is 2.60. The molecule has 0 aliphatic rings. The van der Waals surface area contributed by atoms with E-state index in [9.17, 15) is 14.4 Å². The van der Waals surface area contributed by atoms with Gasteiger partial charge in [-0.15, -0.1) is 0 Å². The minimum absolute atomic E-state index is 0.0343. The highest BCUT2D eigenvalue weighted by molar-refractivity contribution is 5.97. The topological polar surface area (TPSA) is 72.5 Å². The van der Waals surface area contributed by atoms with Gasteiger partial charge in [0.05, 0.1) is 5.56 Å². The third kappa shape index (κ3) is 5.28. The number of benzene rings is 2. The largest absolute Gasteiger partial charge is 0.423 e. The number of amides is 1. The van der Waals surface area contributed by atoms with Crippen LogP contribution in [0, 0.1) is 0 Å². The van der Waals surface area contributed by atoms with E-state index in [1.165, 1.54) is 0 Å². The van der Waals surface area contributed by atoms with Crippen LogP contribution in [0.3, 0.4) is 0 Å². The van der Waals surface area contributed by atoms with Crippen LogP contribution in [0.1, 0.15) is 65.2 Å². The van der Waals surface area contributed by atoms with E-state index in [0.717, 1.165) is 0 Å². The van der Waals surface area contributed by atoms with Gasteiger partial charge in [-0.25, -0.2) is 4.79 Å². The Morgan fingerprint density at radius 2 is 1.35 bits per heavy atom. The fourth-order valence-electron chi connectivity index (χ4n) is 2.25. The average molecular weight is 353 g/mol. The molecular formula is C21H23NO4. The van der Waals surface area contributed by atoms with Gasteiger partial charge in [0.2, 0.25) is 0 Å². The van der Waals surface area contributed by atoms with Crippen molar-refractivity contribution in [3.05, 3.63) is 65.2 Å². The Kier molecular flexibility index (Phi) is 5.93. The molecule has 0 atom stereocenters. The number of hydrogen-bond donors (Lipinski definition) is 1. The minimum atomic E-state index is -0.526. The number of ether oxygens (including phenoxy) is 1. The van der Waals surface area contributed by atoms with Crippen LogP contribution >= 0.6 is 0 Å².